The van der Waals surface area contributed by atoms with Crippen molar-refractivity contribution in [1.29, 1.82) is 0 Å². The van der Waals surface area contributed by atoms with Crippen LogP contribution in [0.2, 0.25) is 0 Å². The molecule has 0 atom stereocenters. The predicted molar refractivity (Wildman–Crippen MR) is 114 cm³/mol. The van der Waals surface area contributed by atoms with Gasteiger partial charge in [-0.3, -0.25) is 0 Å². The normalized spacial score (nSPS) is 14.1. The molecule has 1 saturated heterocycles. The summed E-state index contributed by atoms with van der Waals surface area (Å²) in [6.07, 6.45) is 1.80. The van der Waals surface area contributed by atoms with E-state index in [0.717, 1.165) is 49.4 Å². The quantitative estimate of drug-likeness (QED) is 0.731. The first-order valence-corrected chi connectivity index (χ1v) is 9.52. The molecule has 0 unspecified atom stereocenters. The first kappa shape index (κ1) is 18.1. The van der Waals surface area contributed by atoms with E-state index < -0.39 is 0 Å². The van der Waals surface area contributed by atoms with Gasteiger partial charge in [-0.2, -0.15) is 4.98 Å². The summed E-state index contributed by atoms with van der Waals surface area (Å²) in [6.45, 7) is 5.85. The number of ether oxygens (including phenoxy) is 1. The molecular formula is C22H25N5O. The average Bonchev–Trinajstić information content (AvgIpc) is 2.74. The van der Waals surface area contributed by atoms with Crippen LogP contribution >= 0.6 is 0 Å². The SMILES string of the molecule is COc1cccc(Nc2ccnc(N3CCN(c4cccc(C)c4)CC3)n2)c1. The van der Waals surface area contributed by atoms with Crippen LogP contribution in [0.25, 0.3) is 0 Å². The first-order valence-electron chi connectivity index (χ1n) is 9.52. The third-order valence-corrected chi connectivity index (χ3v) is 4.91. The van der Waals surface area contributed by atoms with Crippen LogP contribution in [0.15, 0.2) is 60.8 Å². The van der Waals surface area contributed by atoms with Crippen LogP contribution < -0.4 is 19.9 Å². The van der Waals surface area contributed by atoms with Gasteiger partial charge in [0.15, 0.2) is 0 Å². The largest absolute Gasteiger partial charge is 0.497 e. The van der Waals surface area contributed by atoms with E-state index in [1.54, 1.807) is 13.3 Å². The van der Waals surface area contributed by atoms with E-state index in [9.17, 15) is 0 Å². The van der Waals surface area contributed by atoms with E-state index >= 15 is 0 Å². The van der Waals surface area contributed by atoms with Gasteiger partial charge in [0.2, 0.25) is 5.95 Å². The van der Waals surface area contributed by atoms with E-state index in [1.807, 2.05) is 30.3 Å². The van der Waals surface area contributed by atoms with E-state index in [-0.39, 0.29) is 0 Å². The van der Waals surface area contributed by atoms with E-state index in [0.29, 0.717) is 0 Å². The van der Waals surface area contributed by atoms with Crippen molar-refractivity contribution in [3.63, 3.8) is 0 Å². The second kappa shape index (κ2) is 8.17. The fraction of sp³-hybridized carbons (Fsp3) is 0.273. The third kappa shape index (κ3) is 4.17. The van der Waals surface area contributed by atoms with Crippen molar-refractivity contribution in [2.75, 3.05) is 48.4 Å². The lowest BCUT2D eigenvalue weighted by atomic mass is 10.2. The number of hydrogen-bond donors (Lipinski definition) is 1. The van der Waals surface area contributed by atoms with Crippen LogP contribution in [0.4, 0.5) is 23.1 Å². The second-order valence-corrected chi connectivity index (χ2v) is 6.91. The fourth-order valence-electron chi connectivity index (χ4n) is 3.41. The van der Waals surface area contributed by atoms with Gasteiger partial charge in [0.25, 0.3) is 0 Å². The maximum Gasteiger partial charge on any atom is 0.227 e. The zero-order valence-corrected chi connectivity index (χ0v) is 16.3. The molecule has 6 nitrogen and oxygen atoms in total. The fourth-order valence-corrected chi connectivity index (χ4v) is 3.41. The van der Waals surface area contributed by atoms with Gasteiger partial charge in [-0.25, -0.2) is 4.98 Å². The monoisotopic (exact) mass is 375 g/mol. The zero-order chi connectivity index (χ0) is 19.3. The number of hydrogen-bond acceptors (Lipinski definition) is 6. The average molecular weight is 375 g/mol. The standard InChI is InChI=1S/C22H25N5O/c1-17-5-3-7-19(15-17)26-11-13-27(14-12-26)22-23-10-9-21(25-22)24-18-6-4-8-20(16-18)28-2/h3-10,15-16H,11-14H2,1-2H3,(H,23,24,25). The summed E-state index contributed by atoms with van der Waals surface area (Å²) in [5.74, 6) is 2.35. The molecule has 144 valence electrons. The summed E-state index contributed by atoms with van der Waals surface area (Å²) in [5, 5.41) is 3.33. The van der Waals surface area contributed by atoms with E-state index in [2.05, 4.69) is 51.3 Å². The molecule has 1 aliphatic heterocycles. The van der Waals surface area contributed by atoms with Crippen molar-refractivity contribution >= 4 is 23.1 Å². The Hall–Kier alpha value is -3.28. The number of rotatable bonds is 5. The molecule has 1 aromatic heterocycles. The molecule has 0 spiro atoms. The van der Waals surface area contributed by atoms with Crippen molar-refractivity contribution in [2.24, 2.45) is 0 Å². The van der Waals surface area contributed by atoms with Gasteiger partial charge >= 0.3 is 0 Å². The Balaban J connectivity index is 1.42. The minimum atomic E-state index is 0.761. The van der Waals surface area contributed by atoms with Gasteiger partial charge in [-0.1, -0.05) is 18.2 Å². The molecule has 2 aromatic carbocycles. The number of methoxy groups -OCH3 is 1. The summed E-state index contributed by atoms with van der Waals surface area (Å²) < 4.78 is 5.28. The maximum absolute atomic E-state index is 5.28. The van der Waals surface area contributed by atoms with Crippen molar-refractivity contribution < 1.29 is 4.74 Å². The van der Waals surface area contributed by atoms with Crippen LogP contribution in [0, 0.1) is 6.92 Å². The Labute approximate surface area is 165 Å². The van der Waals surface area contributed by atoms with Crippen molar-refractivity contribution in [3.05, 3.63) is 66.4 Å². The number of anilines is 4. The molecule has 1 fully saturated rings. The first-order chi connectivity index (χ1) is 13.7. The number of piperazine rings is 1. The molecule has 1 N–H and O–H groups in total. The Morgan fingerprint density at radius 3 is 2.50 bits per heavy atom. The van der Waals surface area contributed by atoms with Gasteiger partial charge in [0.05, 0.1) is 7.11 Å². The summed E-state index contributed by atoms with van der Waals surface area (Å²) in [7, 11) is 1.66. The van der Waals surface area contributed by atoms with Crippen molar-refractivity contribution in [2.45, 2.75) is 6.92 Å². The zero-order valence-electron chi connectivity index (χ0n) is 16.3. The lowest BCUT2D eigenvalue weighted by Gasteiger charge is -2.36. The molecule has 0 radical (unpaired) electrons. The second-order valence-electron chi connectivity index (χ2n) is 6.91. The molecule has 0 bridgehead atoms. The summed E-state index contributed by atoms with van der Waals surface area (Å²) in [6, 6.07) is 18.4. The highest BCUT2D eigenvalue weighted by Gasteiger charge is 2.19. The number of nitrogens with zero attached hydrogens (tertiary/aromatic N) is 4. The number of aryl methyl sites for hydroxylation is 1. The topological polar surface area (TPSA) is 53.5 Å². The van der Waals surface area contributed by atoms with E-state index in [4.69, 9.17) is 9.72 Å². The summed E-state index contributed by atoms with van der Waals surface area (Å²) >= 11 is 0. The van der Waals surface area contributed by atoms with Crippen LogP contribution in [-0.4, -0.2) is 43.3 Å². The minimum absolute atomic E-state index is 0.761. The van der Waals surface area contributed by atoms with Crippen LogP contribution in [-0.2, 0) is 0 Å². The maximum atomic E-state index is 5.28. The van der Waals surface area contributed by atoms with Gasteiger partial charge in [-0.15, -0.1) is 0 Å². The molecule has 0 amide bonds. The minimum Gasteiger partial charge on any atom is -0.497 e. The van der Waals surface area contributed by atoms with Gasteiger partial charge in [0, 0.05) is 49.8 Å². The number of nitrogens with one attached hydrogen (secondary N) is 1. The highest BCUT2D eigenvalue weighted by atomic mass is 16.5. The smallest absolute Gasteiger partial charge is 0.227 e. The number of aromatic nitrogens is 2. The van der Waals surface area contributed by atoms with Crippen LogP contribution in [0.5, 0.6) is 5.75 Å². The van der Waals surface area contributed by atoms with E-state index in [1.165, 1.54) is 11.3 Å². The molecule has 0 saturated carbocycles. The van der Waals surface area contributed by atoms with Gasteiger partial charge in [0.1, 0.15) is 11.6 Å². The number of benzene rings is 2. The molecule has 3 aromatic rings. The Morgan fingerprint density at radius 1 is 0.929 bits per heavy atom. The molecular weight excluding hydrogens is 350 g/mol. The molecule has 28 heavy (non-hydrogen) atoms. The van der Waals surface area contributed by atoms with Gasteiger partial charge in [-0.05, 0) is 42.8 Å². The highest BCUT2D eigenvalue weighted by molar-refractivity contribution is 5.59. The summed E-state index contributed by atoms with van der Waals surface area (Å²) in [5.41, 5.74) is 3.52. The lowest BCUT2D eigenvalue weighted by Crippen LogP contribution is -2.47. The predicted octanol–water partition coefficient (Wildman–Crippen LogP) is 3.86. The third-order valence-electron chi connectivity index (χ3n) is 4.91. The van der Waals surface area contributed by atoms with Crippen LogP contribution in [0.1, 0.15) is 5.56 Å². The lowest BCUT2D eigenvalue weighted by molar-refractivity contribution is 0.415. The van der Waals surface area contributed by atoms with Crippen molar-refractivity contribution in [1.82, 2.24) is 9.97 Å². The Kier molecular flexibility index (Phi) is 5.28. The highest BCUT2D eigenvalue weighted by Crippen LogP contribution is 2.23. The van der Waals surface area contributed by atoms with Gasteiger partial charge < -0.3 is 19.9 Å². The Bertz CT molecular complexity index is 937. The molecule has 4 rings (SSSR count). The van der Waals surface area contributed by atoms with Crippen molar-refractivity contribution in [3.8, 4) is 5.75 Å². The molecule has 2 heterocycles. The molecule has 6 heteroatoms. The molecule has 1 aliphatic rings. The Morgan fingerprint density at radius 2 is 1.71 bits per heavy atom. The molecule has 0 aliphatic carbocycles. The van der Waals surface area contributed by atoms with Crippen LogP contribution in [0.3, 0.4) is 0 Å². The summed E-state index contributed by atoms with van der Waals surface area (Å²) in [4.78, 5) is 13.8.